The summed E-state index contributed by atoms with van der Waals surface area (Å²) in [7, 11) is 0. The van der Waals surface area contributed by atoms with Gasteiger partial charge in [0.2, 0.25) is 0 Å². The molecule has 134 valence electrons. The van der Waals surface area contributed by atoms with E-state index in [1.54, 1.807) is 24.3 Å². The first kappa shape index (κ1) is 17.4. The molecule has 2 aliphatic heterocycles. The summed E-state index contributed by atoms with van der Waals surface area (Å²) >= 11 is 0. The van der Waals surface area contributed by atoms with Gasteiger partial charge in [-0.05, 0) is 24.6 Å². The highest BCUT2D eigenvalue weighted by molar-refractivity contribution is 6.34. The first-order chi connectivity index (χ1) is 12.1. The number of carbonyl (C=O) groups is 2. The molecule has 2 aliphatic rings. The Labute approximate surface area is 146 Å². The van der Waals surface area contributed by atoms with Gasteiger partial charge in [-0.3, -0.25) is 19.4 Å². The molecule has 2 amide bonds. The summed E-state index contributed by atoms with van der Waals surface area (Å²) in [6.07, 6.45) is 0. The Hall–Kier alpha value is -2.38. The molecule has 0 spiro atoms. The van der Waals surface area contributed by atoms with Gasteiger partial charge >= 0.3 is 0 Å². The maximum absolute atomic E-state index is 12.6. The van der Waals surface area contributed by atoms with Crippen LogP contribution in [0.2, 0.25) is 0 Å². The van der Waals surface area contributed by atoms with Gasteiger partial charge in [-0.1, -0.05) is 12.1 Å². The fourth-order valence-corrected chi connectivity index (χ4v) is 2.98. The molecule has 0 aliphatic carbocycles. The number of hydrogen-bond donors (Lipinski definition) is 1. The van der Waals surface area contributed by atoms with E-state index in [0.29, 0.717) is 37.7 Å². The minimum atomic E-state index is -0.637. The molecule has 0 saturated carbocycles. The summed E-state index contributed by atoms with van der Waals surface area (Å²) < 4.78 is 10.7. The zero-order valence-corrected chi connectivity index (χ0v) is 14.2. The van der Waals surface area contributed by atoms with E-state index in [1.807, 2.05) is 6.92 Å². The SMILES string of the molecule is CCOc1ccc(C2=C(O)C(=O)N(CCN3CCOCC3)C2=O)cc1. The molecule has 0 atom stereocenters. The first-order valence-corrected chi connectivity index (χ1v) is 8.44. The summed E-state index contributed by atoms with van der Waals surface area (Å²) in [6, 6.07) is 6.78. The van der Waals surface area contributed by atoms with E-state index in [9.17, 15) is 14.7 Å². The molecule has 0 bridgehead atoms. The average molecular weight is 346 g/mol. The van der Waals surface area contributed by atoms with Crippen LogP contribution in [0.4, 0.5) is 0 Å². The van der Waals surface area contributed by atoms with E-state index in [2.05, 4.69) is 4.90 Å². The molecule has 1 saturated heterocycles. The van der Waals surface area contributed by atoms with Gasteiger partial charge in [0.05, 0.1) is 25.4 Å². The van der Waals surface area contributed by atoms with Gasteiger partial charge in [0, 0.05) is 26.2 Å². The van der Waals surface area contributed by atoms with Crippen LogP contribution in [0.15, 0.2) is 30.0 Å². The van der Waals surface area contributed by atoms with Crippen LogP contribution in [0.25, 0.3) is 5.57 Å². The summed E-state index contributed by atoms with van der Waals surface area (Å²) in [5, 5.41) is 10.2. The third-order valence-corrected chi connectivity index (χ3v) is 4.34. The van der Waals surface area contributed by atoms with Crippen LogP contribution in [0.1, 0.15) is 12.5 Å². The Morgan fingerprint density at radius 1 is 1.08 bits per heavy atom. The summed E-state index contributed by atoms with van der Waals surface area (Å²) in [4.78, 5) is 28.1. The zero-order chi connectivity index (χ0) is 17.8. The predicted molar refractivity (Wildman–Crippen MR) is 91.1 cm³/mol. The second-order valence-electron chi connectivity index (χ2n) is 5.90. The van der Waals surface area contributed by atoms with Crippen LogP contribution >= 0.6 is 0 Å². The molecule has 7 heteroatoms. The summed E-state index contributed by atoms with van der Waals surface area (Å²) in [5.74, 6) is -0.912. The normalized spacial score (nSPS) is 19.0. The number of benzene rings is 1. The molecule has 1 aromatic rings. The average Bonchev–Trinajstić information content (AvgIpc) is 2.84. The number of nitrogens with zero attached hydrogens (tertiary/aromatic N) is 2. The minimum Gasteiger partial charge on any atom is -0.502 e. The lowest BCUT2D eigenvalue weighted by Gasteiger charge is -2.28. The Morgan fingerprint density at radius 2 is 1.76 bits per heavy atom. The van der Waals surface area contributed by atoms with E-state index < -0.39 is 17.6 Å². The highest BCUT2D eigenvalue weighted by Crippen LogP contribution is 2.29. The molecule has 1 N–H and O–H groups in total. The molecule has 25 heavy (non-hydrogen) atoms. The van der Waals surface area contributed by atoms with Crippen LogP contribution in [0.5, 0.6) is 5.75 Å². The lowest BCUT2D eigenvalue weighted by atomic mass is 10.1. The number of ether oxygens (including phenoxy) is 2. The van der Waals surface area contributed by atoms with E-state index >= 15 is 0 Å². The van der Waals surface area contributed by atoms with Crippen LogP contribution in [0.3, 0.4) is 0 Å². The van der Waals surface area contributed by atoms with E-state index in [4.69, 9.17) is 9.47 Å². The fraction of sp³-hybridized carbons (Fsp3) is 0.444. The number of carbonyl (C=O) groups excluding carboxylic acids is 2. The third kappa shape index (κ3) is 3.67. The minimum absolute atomic E-state index is 0.0509. The van der Waals surface area contributed by atoms with Crippen molar-refractivity contribution in [3.8, 4) is 5.75 Å². The number of hydrogen-bond acceptors (Lipinski definition) is 6. The van der Waals surface area contributed by atoms with Crippen LogP contribution in [-0.2, 0) is 14.3 Å². The van der Waals surface area contributed by atoms with Gasteiger partial charge in [-0.25, -0.2) is 0 Å². The van der Waals surface area contributed by atoms with Crippen molar-refractivity contribution in [1.82, 2.24) is 9.80 Å². The molecule has 7 nitrogen and oxygen atoms in total. The molecule has 0 radical (unpaired) electrons. The number of morpholine rings is 1. The maximum atomic E-state index is 12.6. The molecule has 0 unspecified atom stereocenters. The number of aliphatic hydroxyl groups is 1. The monoisotopic (exact) mass is 346 g/mol. The summed E-state index contributed by atoms with van der Waals surface area (Å²) in [6.45, 7) is 6.12. The van der Waals surface area contributed by atoms with Crippen molar-refractivity contribution in [2.75, 3.05) is 46.0 Å². The lowest BCUT2D eigenvalue weighted by Crippen LogP contribution is -2.43. The zero-order valence-electron chi connectivity index (χ0n) is 14.2. The number of amides is 2. The molecule has 0 aromatic heterocycles. The van der Waals surface area contributed by atoms with Crippen molar-refractivity contribution in [2.45, 2.75) is 6.92 Å². The van der Waals surface area contributed by atoms with Crippen molar-refractivity contribution in [2.24, 2.45) is 0 Å². The molecule has 3 rings (SSSR count). The Kier molecular flexibility index (Phi) is 5.35. The Morgan fingerprint density at radius 3 is 2.40 bits per heavy atom. The smallest absolute Gasteiger partial charge is 0.296 e. The second-order valence-corrected chi connectivity index (χ2v) is 5.90. The molecular weight excluding hydrogens is 324 g/mol. The van der Waals surface area contributed by atoms with Gasteiger partial charge in [0.1, 0.15) is 5.75 Å². The van der Waals surface area contributed by atoms with Gasteiger partial charge in [0.15, 0.2) is 5.76 Å². The van der Waals surface area contributed by atoms with Gasteiger partial charge in [-0.15, -0.1) is 0 Å². The highest BCUT2D eigenvalue weighted by atomic mass is 16.5. The van der Waals surface area contributed by atoms with Crippen molar-refractivity contribution in [1.29, 1.82) is 0 Å². The summed E-state index contributed by atoms with van der Waals surface area (Å²) in [5.41, 5.74) is 0.559. The lowest BCUT2D eigenvalue weighted by molar-refractivity contribution is -0.138. The Balaban J connectivity index is 1.70. The van der Waals surface area contributed by atoms with Gasteiger partial charge in [0.25, 0.3) is 11.8 Å². The standard InChI is InChI=1S/C18H22N2O5/c1-2-25-14-5-3-13(4-6-14)15-16(21)18(23)20(17(15)22)8-7-19-9-11-24-12-10-19/h3-6,21H,2,7-12H2,1H3. The van der Waals surface area contributed by atoms with E-state index in [0.717, 1.165) is 18.0 Å². The van der Waals surface area contributed by atoms with E-state index in [-0.39, 0.29) is 12.1 Å². The number of rotatable bonds is 6. The number of imide groups is 1. The van der Waals surface area contributed by atoms with Crippen LogP contribution in [-0.4, -0.2) is 72.7 Å². The topological polar surface area (TPSA) is 79.3 Å². The maximum Gasteiger partial charge on any atom is 0.296 e. The largest absolute Gasteiger partial charge is 0.502 e. The fourth-order valence-electron chi connectivity index (χ4n) is 2.98. The van der Waals surface area contributed by atoms with Crippen molar-refractivity contribution < 1.29 is 24.2 Å². The van der Waals surface area contributed by atoms with Gasteiger partial charge in [-0.2, -0.15) is 0 Å². The second kappa shape index (κ2) is 7.67. The third-order valence-electron chi connectivity index (χ3n) is 4.34. The van der Waals surface area contributed by atoms with Crippen LogP contribution < -0.4 is 4.74 Å². The molecule has 2 heterocycles. The van der Waals surface area contributed by atoms with Crippen molar-refractivity contribution in [3.05, 3.63) is 35.6 Å². The van der Waals surface area contributed by atoms with Crippen molar-refractivity contribution >= 4 is 17.4 Å². The Bertz CT molecular complexity index is 677. The predicted octanol–water partition coefficient (Wildman–Crippen LogP) is 1.06. The number of aliphatic hydroxyl groups excluding tert-OH is 1. The molecule has 1 aromatic carbocycles. The van der Waals surface area contributed by atoms with Crippen molar-refractivity contribution in [3.63, 3.8) is 0 Å². The van der Waals surface area contributed by atoms with Crippen LogP contribution in [0, 0.1) is 0 Å². The highest BCUT2D eigenvalue weighted by Gasteiger charge is 2.39. The molecular formula is C18H22N2O5. The van der Waals surface area contributed by atoms with Gasteiger partial charge < -0.3 is 14.6 Å². The molecule has 1 fully saturated rings. The quantitative estimate of drug-likeness (QED) is 0.776. The first-order valence-electron chi connectivity index (χ1n) is 8.44. The van der Waals surface area contributed by atoms with E-state index in [1.165, 1.54) is 0 Å².